The molecule has 0 saturated heterocycles. The summed E-state index contributed by atoms with van der Waals surface area (Å²) in [4.78, 5) is 0. The van der Waals surface area contributed by atoms with Gasteiger partial charge >= 0.3 is 10.2 Å². The average molecular weight is 303 g/mol. The maximum atomic E-state index is 12.8. The molecule has 0 aromatic heterocycles. The van der Waals surface area contributed by atoms with Crippen molar-refractivity contribution < 1.29 is 12.8 Å². The van der Waals surface area contributed by atoms with Crippen molar-refractivity contribution in [3.63, 3.8) is 0 Å². The third kappa shape index (κ3) is 5.85. The highest BCUT2D eigenvalue weighted by atomic mass is 32.2. The Kier molecular flexibility index (Phi) is 6.38. The summed E-state index contributed by atoms with van der Waals surface area (Å²) in [5.41, 5.74) is 0.346. The van der Waals surface area contributed by atoms with Gasteiger partial charge in [0.1, 0.15) is 5.82 Å². The van der Waals surface area contributed by atoms with Gasteiger partial charge in [-0.15, -0.1) is 0 Å². The largest absolute Gasteiger partial charge is 0.314 e. The lowest BCUT2D eigenvalue weighted by Gasteiger charge is -2.18. The van der Waals surface area contributed by atoms with Crippen LogP contribution < -0.4 is 10.0 Å². The molecule has 0 aliphatic carbocycles. The number of benzene rings is 1. The van der Waals surface area contributed by atoms with Crippen LogP contribution in [0.2, 0.25) is 0 Å². The van der Waals surface area contributed by atoms with Crippen LogP contribution in [0.1, 0.15) is 20.3 Å². The van der Waals surface area contributed by atoms with E-state index in [1.807, 2.05) is 13.8 Å². The molecule has 1 aromatic carbocycles. The van der Waals surface area contributed by atoms with Crippen LogP contribution in [-0.4, -0.2) is 38.9 Å². The first-order valence-electron chi connectivity index (χ1n) is 6.54. The molecule has 0 fully saturated rings. The van der Waals surface area contributed by atoms with Crippen LogP contribution in [0.4, 0.5) is 10.1 Å². The van der Waals surface area contributed by atoms with Gasteiger partial charge in [0.2, 0.25) is 0 Å². The Bertz CT molecular complexity index is 503. The average Bonchev–Trinajstić information content (AvgIpc) is 2.36. The molecule has 114 valence electrons. The summed E-state index contributed by atoms with van der Waals surface area (Å²) in [6.07, 6.45) is 0.721. The van der Waals surface area contributed by atoms with Gasteiger partial charge in [-0.3, -0.25) is 4.72 Å². The minimum atomic E-state index is -3.59. The van der Waals surface area contributed by atoms with E-state index in [-0.39, 0.29) is 0 Å². The van der Waals surface area contributed by atoms with Gasteiger partial charge in [-0.1, -0.05) is 13.8 Å². The molecule has 5 nitrogen and oxygen atoms in total. The van der Waals surface area contributed by atoms with Crippen molar-refractivity contribution >= 4 is 15.9 Å². The second-order valence-corrected chi connectivity index (χ2v) is 6.68. The topological polar surface area (TPSA) is 61.4 Å². The van der Waals surface area contributed by atoms with Crippen LogP contribution in [0.3, 0.4) is 0 Å². The monoisotopic (exact) mass is 303 g/mol. The highest BCUT2D eigenvalue weighted by molar-refractivity contribution is 7.90. The third-order valence-electron chi connectivity index (χ3n) is 2.70. The molecular formula is C13H22FN3O2S. The molecule has 7 heteroatoms. The third-order valence-corrected chi connectivity index (χ3v) is 4.20. The van der Waals surface area contributed by atoms with Crippen molar-refractivity contribution in [3.05, 3.63) is 30.1 Å². The zero-order valence-corrected chi connectivity index (χ0v) is 12.9. The normalized spacial score (nSPS) is 12.1. The van der Waals surface area contributed by atoms with Crippen LogP contribution in [0, 0.1) is 5.82 Å². The number of halogens is 1. The standard InChI is InChI=1S/C13H22FN3O2S/c1-11(2)15-9-4-10-17(3)20(18,19)16-13-7-5-12(14)6-8-13/h5-8,11,15-16H,4,9-10H2,1-3H3. The van der Waals surface area contributed by atoms with E-state index in [0.29, 0.717) is 18.3 Å². The summed E-state index contributed by atoms with van der Waals surface area (Å²) in [5.74, 6) is -0.402. The quantitative estimate of drug-likeness (QED) is 0.720. The molecule has 1 aromatic rings. The number of rotatable bonds is 8. The van der Waals surface area contributed by atoms with Crippen molar-refractivity contribution in [3.8, 4) is 0 Å². The number of anilines is 1. The first kappa shape index (κ1) is 16.9. The first-order chi connectivity index (χ1) is 9.31. The molecular weight excluding hydrogens is 281 g/mol. The lowest BCUT2D eigenvalue weighted by Crippen LogP contribution is -2.35. The fourth-order valence-corrected chi connectivity index (χ4v) is 2.52. The van der Waals surface area contributed by atoms with E-state index >= 15 is 0 Å². The molecule has 0 bridgehead atoms. The SMILES string of the molecule is CC(C)NCCCN(C)S(=O)(=O)Nc1ccc(F)cc1. The Morgan fingerprint density at radius 3 is 2.40 bits per heavy atom. The highest BCUT2D eigenvalue weighted by Crippen LogP contribution is 2.11. The van der Waals surface area contributed by atoms with Crippen molar-refractivity contribution in [1.82, 2.24) is 9.62 Å². The zero-order valence-electron chi connectivity index (χ0n) is 12.1. The van der Waals surface area contributed by atoms with Crippen molar-refractivity contribution in [2.24, 2.45) is 0 Å². The Hall–Kier alpha value is -1.18. The van der Waals surface area contributed by atoms with Crippen molar-refractivity contribution in [2.75, 3.05) is 24.9 Å². The van der Waals surface area contributed by atoms with Crippen LogP contribution in [-0.2, 0) is 10.2 Å². The van der Waals surface area contributed by atoms with Gasteiger partial charge in [-0.25, -0.2) is 4.39 Å². The fraction of sp³-hybridized carbons (Fsp3) is 0.538. The van der Waals surface area contributed by atoms with E-state index in [0.717, 1.165) is 13.0 Å². The maximum absolute atomic E-state index is 12.8. The molecule has 20 heavy (non-hydrogen) atoms. The van der Waals surface area contributed by atoms with Gasteiger partial charge in [0.05, 0.1) is 0 Å². The lowest BCUT2D eigenvalue weighted by atomic mass is 10.3. The van der Waals surface area contributed by atoms with E-state index in [4.69, 9.17) is 0 Å². The molecule has 0 spiro atoms. The van der Waals surface area contributed by atoms with Crippen LogP contribution in [0.5, 0.6) is 0 Å². The van der Waals surface area contributed by atoms with E-state index in [1.54, 1.807) is 0 Å². The summed E-state index contributed by atoms with van der Waals surface area (Å²) in [7, 11) is -2.08. The first-order valence-corrected chi connectivity index (χ1v) is 7.98. The zero-order chi connectivity index (χ0) is 15.2. The Morgan fingerprint density at radius 2 is 1.85 bits per heavy atom. The van der Waals surface area contributed by atoms with Crippen LogP contribution in [0.25, 0.3) is 0 Å². The molecule has 0 amide bonds. The number of nitrogens with zero attached hydrogens (tertiary/aromatic N) is 1. The van der Waals surface area contributed by atoms with Gasteiger partial charge < -0.3 is 5.32 Å². The molecule has 0 radical (unpaired) electrons. The Labute approximate surface area is 120 Å². The fourth-order valence-electron chi connectivity index (χ4n) is 1.56. The molecule has 0 aliphatic rings. The summed E-state index contributed by atoms with van der Waals surface area (Å²) in [6.45, 7) is 5.25. The summed E-state index contributed by atoms with van der Waals surface area (Å²) < 4.78 is 40.4. The van der Waals surface area contributed by atoms with Gasteiger partial charge in [0, 0.05) is 25.3 Å². The van der Waals surface area contributed by atoms with E-state index in [1.165, 1.54) is 35.6 Å². The molecule has 0 saturated carbocycles. The predicted octanol–water partition coefficient (Wildman–Crippen LogP) is 1.80. The number of nitrogens with one attached hydrogen (secondary N) is 2. The summed E-state index contributed by atoms with van der Waals surface area (Å²) in [5, 5.41) is 3.22. The summed E-state index contributed by atoms with van der Waals surface area (Å²) in [6, 6.07) is 5.59. The van der Waals surface area contributed by atoms with E-state index < -0.39 is 16.0 Å². The molecule has 0 heterocycles. The minimum Gasteiger partial charge on any atom is -0.314 e. The second kappa shape index (κ2) is 7.56. The van der Waals surface area contributed by atoms with Gasteiger partial charge in [-0.05, 0) is 37.2 Å². The lowest BCUT2D eigenvalue weighted by molar-refractivity contribution is 0.451. The Morgan fingerprint density at radius 1 is 1.25 bits per heavy atom. The van der Waals surface area contributed by atoms with E-state index in [9.17, 15) is 12.8 Å². The highest BCUT2D eigenvalue weighted by Gasteiger charge is 2.16. The van der Waals surface area contributed by atoms with Gasteiger partial charge in [0.25, 0.3) is 0 Å². The smallest absolute Gasteiger partial charge is 0.301 e. The van der Waals surface area contributed by atoms with Crippen LogP contribution in [0.15, 0.2) is 24.3 Å². The minimum absolute atomic E-state index is 0.346. The maximum Gasteiger partial charge on any atom is 0.301 e. The van der Waals surface area contributed by atoms with Crippen molar-refractivity contribution in [2.45, 2.75) is 26.3 Å². The number of hydrogen-bond acceptors (Lipinski definition) is 3. The molecule has 0 unspecified atom stereocenters. The van der Waals surface area contributed by atoms with Crippen LogP contribution >= 0.6 is 0 Å². The molecule has 2 N–H and O–H groups in total. The predicted molar refractivity (Wildman–Crippen MR) is 79.3 cm³/mol. The van der Waals surface area contributed by atoms with E-state index in [2.05, 4.69) is 10.0 Å². The van der Waals surface area contributed by atoms with Gasteiger partial charge in [0.15, 0.2) is 0 Å². The number of hydrogen-bond donors (Lipinski definition) is 2. The Balaban J connectivity index is 2.48. The van der Waals surface area contributed by atoms with Gasteiger partial charge in [-0.2, -0.15) is 12.7 Å². The van der Waals surface area contributed by atoms with Crippen molar-refractivity contribution in [1.29, 1.82) is 0 Å². The summed E-state index contributed by atoms with van der Waals surface area (Å²) >= 11 is 0. The second-order valence-electron chi connectivity index (χ2n) is 4.90. The molecule has 0 atom stereocenters. The molecule has 0 aliphatic heterocycles. The molecule has 1 rings (SSSR count).